The van der Waals surface area contributed by atoms with Gasteiger partial charge in [0, 0.05) is 0 Å². The van der Waals surface area contributed by atoms with E-state index in [0.717, 1.165) is 10.8 Å². The fourth-order valence-electron chi connectivity index (χ4n) is 3.19. The number of esters is 1. The van der Waals surface area contributed by atoms with Crippen LogP contribution in [-0.4, -0.2) is 38.9 Å². The molecule has 0 heterocycles. The molecule has 0 aliphatic rings. The summed E-state index contributed by atoms with van der Waals surface area (Å²) in [6.07, 6.45) is 0. The summed E-state index contributed by atoms with van der Waals surface area (Å²) in [6, 6.07) is 20.7. The standard InChI is InChI=1S/C26H26AsFO5/c1-3-27(16-19-8-5-7-11-24(19)28)25(29)18-33-22-14-12-21(13-15-22)32-17-20-9-4-6-10-23(20)26(30)31-2/h4-15H,3,16-18H2,1-2H3. The molecule has 0 N–H and O–H groups in total. The van der Waals surface area contributed by atoms with Crippen LogP contribution in [-0.2, 0) is 21.3 Å². The molecule has 0 spiro atoms. The van der Waals surface area contributed by atoms with Crippen LogP contribution >= 0.6 is 0 Å². The predicted molar refractivity (Wildman–Crippen MR) is 125 cm³/mol. The fraction of sp³-hybridized carbons (Fsp3) is 0.231. The Morgan fingerprint density at radius 3 is 2.09 bits per heavy atom. The van der Waals surface area contributed by atoms with Gasteiger partial charge < -0.3 is 4.74 Å². The molecule has 1 atom stereocenters. The molecule has 0 aliphatic heterocycles. The summed E-state index contributed by atoms with van der Waals surface area (Å²) in [5.41, 5.74) is 1.78. The SMILES string of the molecule is CC[As](Cc1ccccc1F)C(=O)COc1ccc(OCc2ccccc2C(=O)OC)cc1. The first kappa shape index (κ1) is 24.5. The first-order chi connectivity index (χ1) is 16.0. The number of carbonyl (C=O) groups excluding carboxylic acids is 2. The molecule has 0 fully saturated rings. The van der Waals surface area contributed by atoms with Crippen LogP contribution in [0.1, 0.15) is 28.4 Å². The molecule has 3 aromatic rings. The monoisotopic (exact) mass is 512 g/mol. The molecule has 0 amide bonds. The van der Waals surface area contributed by atoms with E-state index in [1.165, 1.54) is 13.2 Å². The number of carbonyl (C=O) groups is 2. The van der Waals surface area contributed by atoms with Crippen molar-refractivity contribution in [3.63, 3.8) is 0 Å². The molecular formula is C26H26AsFO5. The summed E-state index contributed by atoms with van der Waals surface area (Å²) in [6.45, 7) is 2.17. The molecule has 5 nitrogen and oxygen atoms in total. The zero-order chi connectivity index (χ0) is 23.6. The molecule has 0 aromatic heterocycles. The summed E-state index contributed by atoms with van der Waals surface area (Å²) in [4.78, 5) is 24.5. The quantitative estimate of drug-likeness (QED) is 0.268. The van der Waals surface area contributed by atoms with Gasteiger partial charge in [-0.05, 0) is 0 Å². The Morgan fingerprint density at radius 2 is 1.45 bits per heavy atom. The van der Waals surface area contributed by atoms with Gasteiger partial charge in [0.05, 0.1) is 7.11 Å². The minimum atomic E-state index is -1.92. The maximum atomic E-state index is 13.9. The van der Waals surface area contributed by atoms with Gasteiger partial charge in [0.2, 0.25) is 0 Å². The van der Waals surface area contributed by atoms with Gasteiger partial charge in [-0.25, -0.2) is 4.79 Å². The number of halogens is 1. The number of hydrogen-bond acceptors (Lipinski definition) is 5. The third-order valence-electron chi connectivity index (χ3n) is 5.06. The van der Waals surface area contributed by atoms with Crippen LogP contribution in [0.25, 0.3) is 0 Å². The molecule has 33 heavy (non-hydrogen) atoms. The third-order valence-corrected chi connectivity index (χ3v) is 9.92. The van der Waals surface area contributed by atoms with E-state index in [-0.39, 0.29) is 23.6 Å². The minimum absolute atomic E-state index is 0.0188. The summed E-state index contributed by atoms with van der Waals surface area (Å²) in [5, 5.41) is 1.25. The predicted octanol–water partition coefficient (Wildman–Crippen LogP) is 4.98. The molecule has 3 rings (SSSR count). The summed E-state index contributed by atoms with van der Waals surface area (Å²) in [7, 11) is 1.34. The van der Waals surface area contributed by atoms with Gasteiger partial charge in [0.1, 0.15) is 0 Å². The van der Waals surface area contributed by atoms with E-state index < -0.39 is 20.6 Å². The Kier molecular flexibility index (Phi) is 9.08. The number of benzene rings is 3. The molecule has 0 bridgehead atoms. The van der Waals surface area contributed by atoms with Gasteiger partial charge in [0.25, 0.3) is 0 Å². The fourth-order valence-corrected chi connectivity index (χ4v) is 6.69. The summed E-state index contributed by atoms with van der Waals surface area (Å²) < 4.78 is 30.3. The topological polar surface area (TPSA) is 61.8 Å². The molecular weight excluding hydrogens is 486 g/mol. The number of ether oxygens (including phenoxy) is 3. The molecule has 0 radical (unpaired) electrons. The zero-order valence-corrected chi connectivity index (χ0v) is 20.5. The Balaban J connectivity index is 1.53. The van der Waals surface area contributed by atoms with Crippen molar-refractivity contribution < 1.29 is 28.2 Å². The van der Waals surface area contributed by atoms with E-state index >= 15 is 0 Å². The number of methoxy groups -OCH3 is 1. The van der Waals surface area contributed by atoms with Crippen molar-refractivity contribution >= 4 is 25.2 Å². The average Bonchev–Trinajstić information content (AvgIpc) is 2.86. The molecule has 1 unspecified atom stereocenters. The normalized spacial score (nSPS) is 11.5. The van der Waals surface area contributed by atoms with Crippen LogP contribution in [0.5, 0.6) is 11.5 Å². The zero-order valence-electron chi connectivity index (χ0n) is 18.6. The van der Waals surface area contributed by atoms with Crippen molar-refractivity contribution in [3.05, 3.63) is 95.3 Å². The van der Waals surface area contributed by atoms with Crippen molar-refractivity contribution in [2.24, 2.45) is 0 Å². The van der Waals surface area contributed by atoms with Crippen LogP contribution < -0.4 is 9.47 Å². The Bertz CT molecular complexity index is 1080. The average molecular weight is 512 g/mol. The Labute approximate surface area is 197 Å². The van der Waals surface area contributed by atoms with Crippen molar-refractivity contribution in [2.45, 2.75) is 23.9 Å². The summed E-state index contributed by atoms with van der Waals surface area (Å²) in [5.74, 6) is 0.492. The van der Waals surface area contributed by atoms with Gasteiger partial charge in [-0.15, -0.1) is 0 Å². The van der Waals surface area contributed by atoms with Crippen LogP contribution in [0.3, 0.4) is 0 Å². The van der Waals surface area contributed by atoms with E-state index in [0.29, 0.717) is 27.8 Å². The first-order valence-electron chi connectivity index (χ1n) is 10.5. The molecule has 3 aromatic carbocycles. The van der Waals surface area contributed by atoms with E-state index in [1.807, 2.05) is 19.1 Å². The molecule has 0 saturated carbocycles. The summed E-state index contributed by atoms with van der Waals surface area (Å²) >= 11 is -1.92. The first-order valence-corrected chi connectivity index (χ1v) is 14.1. The van der Waals surface area contributed by atoms with E-state index in [2.05, 4.69) is 0 Å². The van der Waals surface area contributed by atoms with Gasteiger partial charge in [0.15, 0.2) is 0 Å². The second kappa shape index (κ2) is 12.2. The van der Waals surface area contributed by atoms with Crippen molar-refractivity contribution in [1.82, 2.24) is 0 Å². The third kappa shape index (κ3) is 6.93. The Hall–Kier alpha value is -3.11. The molecule has 0 saturated heterocycles. The van der Waals surface area contributed by atoms with Crippen LogP contribution in [0.2, 0.25) is 5.21 Å². The van der Waals surface area contributed by atoms with E-state index in [9.17, 15) is 14.0 Å². The van der Waals surface area contributed by atoms with Crippen molar-refractivity contribution in [2.75, 3.05) is 13.7 Å². The Morgan fingerprint density at radius 1 is 0.848 bits per heavy atom. The maximum absolute atomic E-state index is 13.9. The molecule has 0 aliphatic carbocycles. The van der Waals surface area contributed by atoms with Gasteiger partial charge in [-0.1, -0.05) is 6.07 Å². The van der Waals surface area contributed by atoms with E-state index in [4.69, 9.17) is 14.2 Å². The van der Waals surface area contributed by atoms with Crippen molar-refractivity contribution in [3.8, 4) is 11.5 Å². The van der Waals surface area contributed by atoms with Crippen molar-refractivity contribution in [1.29, 1.82) is 0 Å². The molecule has 172 valence electrons. The second-order valence-corrected chi connectivity index (χ2v) is 12.5. The van der Waals surface area contributed by atoms with Gasteiger partial charge in [-0.3, -0.25) is 0 Å². The van der Waals surface area contributed by atoms with Crippen LogP contribution in [0, 0.1) is 5.82 Å². The second-order valence-electron chi connectivity index (χ2n) is 7.20. The van der Waals surface area contributed by atoms with Gasteiger partial charge >= 0.3 is 175 Å². The molecule has 7 heteroatoms. The van der Waals surface area contributed by atoms with Crippen LogP contribution in [0.4, 0.5) is 4.39 Å². The number of hydrogen-bond donors (Lipinski definition) is 0. The van der Waals surface area contributed by atoms with Crippen LogP contribution in [0.15, 0.2) is 72.8 Å². The van der Waals surface area contributed by atoms with Gasteiger partial charge in [-0.2, -0.15) is 0 Å². The number of rotatable bonds is 11. The van der Waals surface area contributed by atoms with E-state index in [1.54, 1.807) is 54.6 Å².